The number of aliphatic hydroxyl groups excluding tert-OH is 2. The number of hydrogen-bond acceptors (Lipinski definition) is 4. The van der Waals surface area contributed by atoms with Gasteiger partial charge in [0.05, 0.1) is 12.7 Å². The molecule has 106 valence electrons. The summed E-state index contributed by atoms with van der Waals surface area (Å²) in [6.07, 6.45) is -5.36. The zero-order valence-electron chi connectivity index (χ0n) is 10.2. The molecular formula is C13H11F3N2O2. The number of aliphatic hydroxyl groups is 2. The molecule has 2 rings (SSSR count). The molecule has 0 spiro atoms. The van der Waals surface area contributed by atoms with E-state index in [-0.39, 0.29) is 18.6 Å². The molecule has 0 fully saturated rings. The highest BCUT2D eigenvalue weighted by molar-refractivity contribution is 5.39. The maximum atomic E-state index is 12.7. The first-order valence-electron chi connectivity index (χ1n) is 5.78. The molecule has 1 aromatic rings. The van der Waals surface area contributed by atoms with Gasteiger partial charge in [-0.3, -0.25) is 0 Å². The van der Waals surface area contributed by atoms with E-state index in [1.807, 2.05) is 0 Å². The van der Waals surface area contributed by atoms with Gasteiger partial charge in [0, 0.05) is 17.5 Å². The summed E-state index contributed by atoms with van der Waals surface area (Å²) in [6.45, 7) is -0.384. The normalized spacial score (nSPS) is 17.2. The topological polar surface area (TPSA) is 65.2 Å². The molecule has 1 heterocycles. The van der Waals surface area contributed by atoms with Crippen LogP contribution >= 0.6 is 0 Å². The van der Waals surface area contributed by atoms with Crippen LogP contribution in [-0.2, 0) is 5.66 Å². The summed E-state index contributed by atoms with van der Waals surface area (Å²) in [5.74, 6) is 5.31. The monoisotopic (exact) mass is 284 g/mol. The number of hydrogen-bond donors (Lipinski definition) is 2. The van der Waals surface area contributed by atoms with Crippen molar-refractivity contribution < 1.29 is 23.4 Å². The Morgan fingerprint density at radius 1 is 1.20 bits per heavy atom. The van der Waals surface area contributed by atoms with Crippen LogP contribution in [-0.4, -0.2) is 29.1 Å². The molecule has 0 radical (unpaired) electrons. The van der Waals surface area contributed by atoms with E-state index in [4.69, 9.17) is 10.2 Å². The fourth-order valence-corrected chi connectivity index (χ4v) is 1.56. The Morgan fingerprint density at radius 2 is 1.80 bits per heavy atom. The number of nitrogens with zero attached hydrogens (tertiary/aromatic N) is 2. The fourth-order valence-electron chi connectivity index (χ4n) is 1.56. The first kappa shape index (κ1) is 14.5. The largest absolute Gasteiger partial charge is 0.442 e. The Bertz CT molecular complexity index is 564. The van der Waals surface area contributed by atoms with Gasteiger partial charge in [0.15, 0.2) is 0 Å². The van der Waals surface area contributed by atoms with Gasteiger partial charge in [0.1, 0.15) is 0 Å². The number of alkyl halides is 3. The van der Waals surface area contributed by atoms with Gasteiger partial charge in [0.25, 0.3) is 0 Å². The van der Waals surface area contributed by atoms with E-state index in [1.54, 1.807) is 0 Å². The van der Waals surface area contributed by atoms with Crippen molar-refractivity contribution in [3.63, 3.8) is 0 Å². The maximum Gasteiger partial charge on any atom is 0.442 e. The van der Waals surface area contributed by atoms with Crippen molar-refractivity contribution in [2.45, 2.75) is 24.4 Å². The van der Waals surface area contributed by atoms with Crippen LogP contribution in [0.4, 0.5) is 13.2 Å². The molecule has 0 aromatic heterocycles. The van der Waals surface area contributed by atoms with Gasteiger partial charge in [-0.1, -0.05) is 24.0 Å². The molecule has 0 bridgehead atoms. The Hall–Kier alpha value is -1.91. The van der Waals surface area contributed by atoms with Gasteiger partial charge in [0.2, 0.25) is 0 Å². The minimum absolute atomic E-state index is 0.0501. The van der Waals surface area contributed by atoms with Crippen molar-refractivity contribution >= 4 is 0 Å². The Kier molecular flexibility index (Phi) is 3.79. The number of benzene rings is 1. The second kappa shape index (κ2) is 5.23. The lowest BCUT2D eigenvalue weighted by Gasteiger charge is -2.14. The summed E-state index contributed by atoms with van der Waals surface area (Å²) in [6, 6.07) is 5.43. The lowest BCUT2D eigenvalue weighted by atomic mass is 10.0. The van der Waals surface area contributed by atoms with E-state index in [0.29, 0.717) is 5.56 Å². The second-order valence-electron chi connectivity index (χ2n) is 4.29. The summed E-state index contributed by atoms with van der Waals surface area (Å²) >= 11 is 0. The quantitative estimate of drug-likeness (QED) is 0.833. The van der Waals surface area contributed by atoms with Crippen molar-refractivity contribution in [3.05, 3.63) is 35.4 Å². The highest BCUT2D eigenvalue weighted by Gasteiger charge is 2.65. The summed E-state index contributed by atoms with van der Waals surface area (Å²) in [4.78, 5) is 0. The average Bonchev–Trinajstić information content (AvgIpc) is 3.20. The molecule has 1 aliphatic rings. The third kappa shape index (κ3) is 2.81. The summed E-state index contributed by atoms with van der Waals surface area (Å²) < 4.78 is 38.2. The van der Waals surface area contributed by atoms with Crippen molar-refractivity contribution in [1.82, 2.24) is 0 Å². The minimum atomic E-state index is -4.54. The standard InChI is InChI=1S/C13H11F3N2O2/c14-13(15,16)12(17-18-12)10-6-4-9(5-7-10)2-1-3-11(20)8-19/h4-7,11,19-20H,3,8H2. The van der Waals surface area contributed by atoms with Crippen LogP contribution in [0.1, 0.15) is 17.5 Å². The molecule has 1 atom stereocenters. The van der Waals surface area contributed by atoms with Crippen LogP contribution in [0.5, 0.6) is 0 Å². The molecule has 0 aliphatic carbocycles. The summed E-state index contributed by atoms with van der Waals surface area (Å²) in [5.41, 5.74) is -1.95. The average molecular weight is 284 g/mol. The molecule has 4 nitrogen and oxygen atoms in total. The van der Waals surface area contributed by atoms with Crippen molar-refractivity contribution in [3.8, 4) is 11.8 Å². The van der Waals surface area contributed by atoms with E-state index < -0.39 is 17.9 Å². The lowest BCUT2D eigenvalue weighted by Crippen LogP contribution is -2.29. The Labute approximate surface area is 113 Å². The van der Waals surface area contributed by atoms with Gasteiger partial charge in [-0.2, -0.15) is 13.2 Å². The predicted molar refractivity (Wildman–Crippen MR) is 63.6 cm³/mol. The van der Waals surface area contributed by atoms with Crippen LogP contribution in [0.3, 0.4) is 0 Å². The highest BCUT2D eigenvalue weighted by Crippen LogP contribution is 2.52. The van der Waals surface area contributed by atoms with Crippen molar-refractivity contribution in [2.24, 2.45) is 10.2 Å². The predicted octanol–water partition coefficient (Wildman–Crippen LogP) is 1.96. The van der Waals surface area contributed by atoms with E-state index in [1.165, 1.54) is 24.3 Å². The molecule has 7 heteroatoms. The lowest BCUT2D eigenvalue weighted by molar-refractivity contribution is -0.166. The third-order valence-corrected chi connectivity index (χ3v) is 2.76. The molecule has 1 aromatic carbocycles. The highest BCUT2D eigenvalue weighted by atomic mass is 19.4. The first-order chi connectivity index (χ1) is 9.39. The van der Waals surface area contributed by atoms with Crippen LogP contribution in [0.15, 0.2) is 34.5 Å². The molecule has 20 heavy (non-hydrogen) atoms. The zero-order valence-corrected chi connectivity index (χ0v) is 10.2. The van der Waals surface area contributed by atoms with E-state index in [2.05, 4.69) is 22.1 Å². The van der Waals surface area contributed by atoms with E-state index >= 15 is 0 Å². The smallest absolute Gasteiger partial charge is 0.394 e. The van der Waals surface area contributed by atoms with Crippen LogP contribution < -0.4 is 0 Å². The van der Waals surface area contributed by atoms with Crippen LogP contribution in [0, 0.1) is 11.8 Å². The zero-order chi connectivity index (χ0) is 14.8. The van der Waals surface area contributed by atoms with Crippen LogP contribution in [0.2, 0.25) is 0 Å². The Morgan fingerprint density at radius 3 is 2.25 bits per heavy atom. The third-order valence-electron chi connectivity index (χ3n) is 2.76. The molecular weight excluding hydrogens is 273 g/mol. The molecule has 1 aliphatic heterocycles. The van der Waals surface area contributed by atoms with Gasteiger partial charge in [-0.25, -0.2) is 0 Å². The molecule has 0 amide bonds. The molecule has 0 saturated carbocycles. The van der Waals surface area contributed by atoms with Gasteiger partial charge >= 0.3 is 11.8 Å². The van der Waals surface area contributed by atoms with Crippen molar-refractivity contribution in [1.29, 1.82) is 0 Å². The maximum absolute atomic E-state index is 12.7. The van der Waals surface area contributed by atoms with Gasteiger partial charge in [-0.05, 0) is 12.1 Å². The molecule has 2 N–H and O–H groups in total. The van der Waals surface area contributed by atoms with Gasteiger partial charge < -0.3 is 10.2 Å². The second-order valence-corrected chi connectivity index (χ2v) is 4.29. The van der Waals surface area contributed by atoms with Gasteiger partial charge in [-0.15, -0.1) is 10.2 Å². The SMILES string of the molecule is OCC(O)CC#Cc1ccc(C2(C(F)(F)F)N=N2)cc1. The molecule has 1 unspecified atom stereocenters. The first-order valence-corrected chi connectivity index (χ1v) is 5.78. The summed E-state index contributed by atoms with van der Waals surface area (Å²) in [7, 11) is 0. The molecule has 0 saturated heterocycles. The number of rotatable bonds is 3. The number of halogens is 3. The summed E-state index contributed by atoms with van der Waals surface area (Å²) in [5, 5.41) is 23.9. The fraction of sp³-hybridized carbons (Fsp3) is 0.385. The van der Waals surface area contributed by atoms with Crippen molar-refractivity contribution in [2.75, 3.05) is 6.61 Å². The minimum Gasteiger partial charge on any atom is -0.394 e. The Balaban J connectivity index is 2.08. The van der Waals surface area contributed by atoms with Crippen LogP contribution in [0.25, 0.3) is 0 Å². The van der Waals surface area contributed by atoms with E-state index in [0.717, 1.165) is 0 Å². The van der Waals surface area contributed by atoms with E-state index in [9.17, 15) is 13.2 Å².